The van der Waals surface area contributed by atoms with Crippen LogP contribution in [0.15, 0.2) is 12.4 Å². The minimum atomic E-state index is -0.0861. The van der Waals surface area contributed by atoms with E-state index in [0.29, 0.717) is 18.5 Å². The molecule has 1 atom stereocenters. The summed E-state index contributed by atoms with van der Waals surface area (Å²) in [7, 11) is 1.56. The maximum atomic E-state index is 11.6. The number of likely N-dealkylation sites (tertiary alicyclic amines) is 1. The lowest BCUT2D eigenvalue weighted by Crippen LogP contribution is -2.41. The van der Waals surface area contributed by atoms with Crippen molar-refractivity contribution in [1.29, 1.82) is 0 Å². The van der Waals surface area contributed by atoms with E-state index in [1.807, 2.05) is 13.8 Å². The van der Waals surface area contributed by atoms with Crippen molar-refractivity contribution in [2.24, 2.45) is 5.92 Å². The molecule has 0 unspecified atom stereocenters. The van der Waals surface area contributed by atoms with Crippen molar-refractivity contribution in [2.75, 3.05) is 26.7 Å². The minimum absolute atomic E-state index is 0.0861. The van der Waals surface area contributed by atoms with Crippen LogP contribution in [0.1, 0.15) is 25.8 Å². The maximum absolute atomic E-state index is 11.6. The standard InChI is InChI=1S/C15H25N5O2/c1-11(2)19-14(21)16-6-12-4-5-20(9-12)10-13-7-17-15(22-3)18-8-13/h7-8,11-12H,4-6,9-10H2,1-3H3,(H2,16,19,21)/t12-/m1/s1. The molecule has 2 N–H and O–H groups in total. The Bertz CT molecular complexity index is 477. The number of aromatic nitrogens is 2. The van der Waals surface area contributed by atoms with Gasteiger partial charge in [0.05, 0.1) is 7.11 Å². The Labute approximate surface area is 131 Å². The Morgan fingerprint density at radius 1 is 1.45 bits per heavy atom. The molecule has 0 aliphatic carbocycles. The number of nitrogens with one attached hydrogen (secondary N) is 2. The topological polar surface area (TPSA) is 79.4 Å². The zero-order chi connectivity index (χ0) is 15.9. The second-order valence-corrected chi connectivity index (χ2v) is 5.98. The van der Waals surface area contributed by atoms with E-state index in [0.717, 1.165) is 31.6 Å². The number of carbonyl (C=O) groups excluding carboxylic acids is 1. The summed E-state index contributed by atoms with van der Waals surface area (Å²) in [5, 5.41) is 5.77. The predicted octanol–water partition coefficient (Wildman–Crippen LogP) is 1.01. The first-order valence-corrected chi connectivity index (χ1v) is 7.68. The number of nitrogens with zero attached hydrogens (tertiary/aromatic N) is 3. The monoisotopic (exact) mass is 307 g/mol. The zero-order valence-corrected chi connectivity index (χ0v) is 13.5. The van der Waals surface area contributed by atoms with Crippen molar-refractivity contribution in [1.82, 2.24) is 25.5 Å². The first-order chi connectivity index (χ1) is 10.6. The van der Waals surface area contributed by atoms with Gasteiger partial charge in [0.15, 0.2) is 0 Å². The highest BCUT2D eigenvalue weighted by Gasteiger charge is 2.23. The summed E-state index contributed by atoms with van der Waals surface area (Å²) in [6.45, 7) is 7.46. The van der Waals surface area contributed by atoms with Crippen LogP contribution in [0, 0.1) is 5.92 Å². The quantitative estimate of drug-likeness (QED) is 0.820. The Kier molecular flexibility index (Phi) is 5.94. The molecule has 7 heteroatoms. The molecule has 2 heterocycles. The average Bonchev–Trinajstić information content (AvgIpc) is 2.93. The van der Waals surface area contributed by atoms with E-state index in [1.54, 1.807) is 19.5 Å². The molecule has 2 amide bonds. The second kappa shape index (κ2) is 7.93. The highest BCUT2D eigenvalue weighted by molar-refractivity contribution is 5.74. The van der Waals surface area contributed by atoms with Crippen molar-refractivity contribution < 1.29 is 9.53 Å². The van der Waals surface area contributed by atoms with Crippen LogP contribution in [0.3, 0.4) is 0 Å². The number of hydrogen-bond acceptors (Lipinski definition) is 5. The number of ether oxygens (including phenoxy) is 1. The molecular formula is C15H25N5O2. The predicted molar refractivity (Wildman–Crippen MR) is 83.6 cm³/mol. The fourth-order valence-corrected chi connectivity index (χ4v) is 2.56. The maximum Gasteiger partial charge on any atom is 0.316 e. The lowest BCUT2D eigenvalue weighted by atomic mass is 10.1. The van der Waals surface area contributed by atoms with Gasteiger partial charge in [0.2, 0.25) is 0 Å². The van der Waals surface area contributed by atoms with Gasteiger partial charge in [-0.25, -0.2) is 14.8 Å². The molecule has 122 valence electrons. The van der Waals surface area contributed by atoms with E-state index < -0.39 is 0 Å². The van der Waals surface area contributed by atoms with Gasteiger partial charge in [-0.2, -0.15) is 0 Å². The SMILES string of the molecule is COc1ncc(CN2CC[C@H](CNC(=O)NC(C)C)C2)cn1. The Morgan fingerprint density at radius 2 is 2.18 bits per heavy atom. The lowest BCUT2D eigenvalue weighted by Gasteiger charge is -2.16. The van der Waals surface area contributed by atoms with Crippen LogP contribution in [0.4, 0.5) is 4.79 Å². The molecule has 0 saturated carbocycles. The summed E-state index contributed by atoms with van der Waals surface area (Å²) >= 11 is 0. The highest BCUT2D eigenvalue weighted by Crippen LogP contribution is 2.17. The highest BCUT2D eigenvalue weighted by atomic mass is 16.5. The van der Waals surface area contributed by atoms with Crippen LogP contribution in [-0.4, -0.2) is 53.7 Å². The molecule has 1 aliphatic rings. The van der Waals surface area contributed by atoms with Crippen molar-refractivity contribution in [3.63, 3.8) is 0 Å². The second-order valence-electron chi connectivity index (χ2n) is 5.98. The number of hydrogen-bond donors (Lipinski definition) is 2. The normalized spacial score (nSPS) is 18.5. The first kappa shape index (κ1) is 16.5. The van der Waals surface area contributed by atoms with Gasteiger partial charge >= 0.3 is 12.0 Å². The third-order valence-corrected chi connectivity index (χ3v) is 3.61. The number of methoxy groups -OCH3 is 1. The van der Waals surface area contributed by atoms with Crippen LogP contribution >= 0.6 is 0 Å². The van der Waals surface area contributed by atoms with Gasteiger partial charge in [0.1, 0.15) is 0 Å². The van der Waals surface area contributed by atoms with E-state index >= 15 is 0 Å². The van der Waals surface area contributed by atoms with Crippen molar-refractivity contribution in [3.05, 3.63) is 18.0 Å². The van der Waals surface area contributed by atoms with Crippen LogP contribution in [0.25, 0.3) is 0 Å². The van der Waals surface area contributed by atoms with Gasteiger partial charge in [-0.15, -0.1) is 0 Å². The lowest BCUT2D eigenvalue weighted by molar-refractivity contribution is 0.236. The summed E-state index contributed by atoms with van der Waals surface area (Å²) in [6, 6.07) is 0.468. The summed E-state index contributed by atoms with van der Waals surface area (Å²) < 4.78 is 4.96. The molecular weight excluding hydrogens is 282 g/mol. The molecule has 2 rings (SSSR count). The largest absolute Gasteiger partial charge is 0.467 e. The summed E-state index contributed by atoms with van der Waals surface area (Å²) in [5.41, 5.74) is 1.08. The summed E-state index contributed by atoms with van der Waals surface area (Å²) in [4.78, 5) is 22.2. The Hall–Kier alpha value is -1.89. The molecule has 1 saturated heterocycles. The van der Waals surface area contributed by atoms with Crippen LogP contribution in [-0.2, 0) is 6.54 Å². The van der Waals surface area contributed by atoms with Crippen LogP contribution in [0.5, 0.6) is 6.01 Å². The summed E-state index contributed by atoms with van der Waals surface area (Å²) in [6.07, 6.45) is 4.69. The fraction of sp³-hybridized carbons (Fsp3) is 0.667. The molecule has 1 aromatic heterocycles. The van der Waals surface area contributed by atoms with E-state index in [9.17, 15) is 4.79 Å². The molecule has 0 bridgehead atoms. The number of rotatable bonds is 6. The van der Waals surface area contributed by atoms with Gasteiger partial charge < -0.3 is 15.4 Å². The fourth-order valence-electron chi connectivity index (χ4n) is 2.56. The van der Waals surface area contributed by atoms with Crippen LogP contribution < -0.4 is 15.4 Å². The summed E-state index contributed by atoms with van der Waals surface area (Å²) in [5.74, 6) is 0.497. The molecule has 0 spiro atoms. The third kappa shape index (κ3) is 5.14. The van der Waals surface area contributed by atoms with Gasteiger partial charge in [-0.05, 0) is 32.7 Å². The smallest absolute Gasteiger partial charge is 0.316 e. The van der Waals surface area contributed by atoms with Gasteiger partial charge in [0.25, 0.3) is 0 Å². The number of amides is 2. The van der Waals surface area contributed by atoms with Crippen molar-refractivity contribution in [3.8, 4) is 6.01 Å². The first-order valence-electron chi connectivity index (χ1n) is 7.68. The Balaban J connectivity index is 1.71. The molecule has 1 aromatic rings. The van der Waals surface area contributed by atoms with Crippen molar-refractivity contribution in [2.45, 2.75) is 32.9 Å². The van der Waals surface area contributed by atoms with Gasteiger partial charge in [-0.1, -0.05) is 0 Å². The minimum Gasteiger partial charge on any atom is -0.467 e. The van der Waals surface area contributed by atoms with Crippen LogP contribution in [0.2, 0.25) is 0 Å². The molecule has 0 radical (unpaired) electrons. The molecule has 1 fully saturated rings. The van der Waals surface area contributed by atoms with Crippen molar-refractivity contribution >= 4 is 6.03 Å². The van der Waals surface area contributed by atoms with Gasteiger partial charge in [-0.3, -0.25) is 4.90 Å². The molecule has 1 aliphatic heterocycles. The molecule has 0 aromatic carbocycles. The molecule has 7 nitrogen and oxygen atoms in total. The zero-order valence-electron chi connectivity index (χ0n) is 13.5. The number of urea groups is 1. The van der Waals surface area contributed by atoms with E-state index in [2.05, 4.69) is 25.5 Å². The van der Waals surface area contributed by atoms with E-state index in [1.165, 1.54) is 0 Å². The van der Waals surface area contributed by atoms with E-state index in [4.69, 9.17) is 4.74 Å². The van der Waals surface area contributed by atoms with E-state index in [-0.39, 0.29) is 12.1 Å². The molecule has 22 heavy (non-hydrogen) atoms. The Morgan fingerprint density at radius 3 is 2.82 bits per heavy atom. The average molecular weight is 307 g/mol. The van der Waals surface area contributed by atoms with Gasteiger partial charge in [0, 0.05) is 43.6 Å². The third-order valence-electron chi connectivity index (χ3n) is 3.61. The number of carbonyl (C=O) groups is 1.